The van der Waals surface area contributed by atoms with Gasteiger partial charge in [-0.15, -0.1) is 11.8 Å². The van der Waals surface area contributed by atoms with Gasteiger partial charge >= 0.3 is 0 Å². The smallest absolute Gasteiger partial charge is 0.193 e. The first kappa shape index (κ1) is 20.5. The second-order valence-corrected chi connectivity index (χ2v) is 8.91. The van der Waals surface area contributed by atoms with Crippen molar-refractivity contribution in [2.45, 2.75) is 23.5 Å². The molecule has 0 bridgehead atoms. The van der Waals surface area contributed by atoms with Gasteiger partial charge in [0.1, 0.15) is 0 Å². The standard InChI is InChI=1S/C19H24BrN3O2S/c1-19(2,26-15-8-5-13(20)6-9-15)12-22-18(21)23-14-7-10-16(24-3)17(11-14)25-4/h5-11H,12H2,1-4H3,(H3,21,22,23). The lowest BCUT2D eigenvalue weighted by Gasteiger charge is -2.22. The zero-order chi connectivity index (χ0) is 19.2. The molecule has 2 rings (SSSR count). The number of methoxy groups -OCH3 is 2. The van der Waals surface area contributed by atoms with Gasteiger partial charge in [-0.3, -0.25) is 4.99 Å². The fraction of sp³-hybridized carbons (Fsp3) is 0.316. The summed E-state index contributed by atoms with van der Waals surface area (Å²) in [6.07, 6.45) is 0. The van der Waals surface area contributed by atoms with E-state index in [0.29, 0.717) is 24.0 Å². The number of hydrogen-bond donors (Lipinski definition) is 2. The third-order valence-electron chi connectivity index (χ3n) is 3.49. The number of ether oxygens (including phenoxy) is 2. The molecule has 0 amide bonds. The van der Waals surface area contributed by atoms with Gasteiger partial charge in [0.2, 0.25) is 0 Å². The average molecular weight is 438 g/mol. The van der Waals surface area contributed by atoms with Crippen LogP contribution in [0.15, 0.2) is 56.8 Å². The zero-order valence-electron chi connectivity index (χ0n) is 15.4. The lowest BCUT2D eigenvalue weighted by atomic mass is 10.2. The molecule has 0 radical (unpaired) electrons. The van der Waals surface area contributed by atoms with Gasteiger partial charge in [-0.25, -0.2) is 0 Å². The summed E-state index contributed by atoms with van der Waals surface area (Å²) < 4.78 is 11.5. The molecule has 3 N–H and O–H groups in total. The first-order chi connectivity index (χ1) is 12.3. The molecule has 0 aliphatic carbocycles. The Balaban J connectivity index is 1.99. The topological polar surface area (TPSA) is 68.9 Å². The van der Waals surface area contributed by atoms with E-state index in [1.54, 1.807) is 26.0 Å². The summed E-state index contributed by atoms with van der Waals surface area (Å²) in [5.41, 5.74) is 6.83. The molecule has 140 valence electrons. The number of benzene rings is 2. The largest absolute Gasteiger partial charge is 0.493 e. The third-order valence-corrected chi connectivity index (χ3v) is 5.21. The summed E-state index contributed by atoms with van der Waals surface area (Å²) in [6.45, 7) is 4.87. The van der Waals surface area contributed by atoms with Gasteiger partial charge in [0.05, 0.1) is 20.8 Å². The van der Waals surface area contributed by atoms with Crippen molar-refractivity contribution in [1.29, 1.82) is 0 Å². The molecule has 0 saturated carbocycles. The van der Waals surface area contributed by atoms with Gasteiger partial charge in [-0.2, -0.15) is 0 Å². The molecule has 0 heterocycles. The van der Waals surface area contributed by atoms with Crippen LogP contribution in [-0.2, 0) is 0 Å². The van der Waals surface area contributed by atoms with Gasteiger partial charge in [-0.1, -0.05) is 15.9 Å². The highest BCUT2D eigenvalue weighted by Crippen LogP contribution is 2.33. The van der Waals surface area contributed by atoms with Crippen LogP contribution in [0.1, 0.15) is 13.8 Å². The average Bonchev–Trinajstić information content (AvgIpc) is 2.62. The van der Waals surface area contributed by atoms with E-state index in [2.05, 4.69) is 52.2 Å². The van der Waals surface area contributed by atoms with Crippen molar-refractivity contribution < 1.29 is 9.47 Å². The number of halogens is 1. The number of nitrogens with zero attached hydrogens (tertiary/aromatic N) is 1. The van der Waals surface area contributed by atoms with E-state index in [0.717, 1.165) is 10.2 Å². The number of guanidine groups is 1. The predicted molar refractivity (Wildman–Crippen MR) is 114 cm³/mol. The molecule has 0 saturated heterocycles. The second kappa shape index (κ2) is 9.19. The van der Waals surface area contributed by atoms with E-state index in [-0.39, 0.29) is 4.75 Å². The van der Waals surface area contributed by atoms with Crippen LogP contribution in [0.5, 0.6) is 11.5 Å². The maximum atomic E-state index is 6.04. The molecule has 2 aromatic carbocycles. The van der Waals surface area contributed by atoms with Crippen LogP contribution < -0.4 is 20.5 Å². The second-order valence-electron chi connectivity index (χ2n) is 6.21. The Morgan fingerprint density at radius 2 is 1.77 bits per heavy atom. The first-order valence-electron chi connectivity index (χ1n) is 8.06. The molecule has 26 heavy (non-hydrogen) atoms. The van der Waals surface area contributed by atoms with Gasteiger partial charge in [0.25, 0.3) is 0 Å². The van der Waals surface area contributed by atoms with Gasteiger partial charge < -0.3 is 20.5 Å². The van der Waals surface area contributed by atoms with Crippen LogP contribution in [0, 0.1) is 0 Å². The van der Waals surface area contributed by atoms with Crippen molar-refractivity contribution >= 4 is 39.3 Å². The molecule has 0 unspecified atom stereocenters. The number of anilines is 1. The van der Waals surface area contributed by atoms with Crippen LogP contribution in [0.25, 0.3) is 0 Å². The Labute approximate surface area is 167 Å². The molecule has 0 fully saturated rings. The lowest BCUT2D eigenvalue weighted by molar-refractivity contribution is 0.355. The predicted octanol–water partition coefficient (Wildman–Crippen LogP) is 4.76. The summed E-state index contributed by atoms with van der Waals surface area (Å²) in [6, 6.07) is 13.8. The highest BCUT2D eigenvalue weighted by molar-refractivity contribution is 9.10. The Morgan fingerprint density at radius 3 is 2.38 bits per heavy atom. The number of nitrogens with one attached hydrogen (secondary N) is 1. The molecule has 0 aliphatic heterocycles. The molecule has 0 atom stereocenters. The van der Waals surface area contributed by atoms with Crippen LogP contribution >= 0.6 is 27.7 Å². The normalized spacial score (nSPS) is 12.0. The van der Waals surface area contributed by atoms with Crippen molar-refractivity contribution in [3.63, 3.8) is 0 Å². The van der Waals surface area contributed by atoms with Gasteiger partial charge in [-0.05, 0) is 50.2 Å². The molecular weight excluding hydrogens is 414 g/mol. The fourth-order valence-corrected chi connectivity index (χ4v) is 3.53. The van der Waals surface area contributed by atoms with Crippen molar-refractivity contribution in [2.75, 3.05) is 26.1 Å². The summed E-state index contributed by atoms with van der Waals surface area (Å²) in [5.74, 6) is 1.67. The van der Waals surface area contributed by atoms with Gasteiger partial charge in [0, 0.05) is 25.9 Å². The van der Waals surface area contributed by atoms with Crippen LogP contribution in [-0.4, -0.2) is 31.5 Å². The number of hydrogen-bond acceptors (Lipinski definition) is 4. The zero-order valence-corrected chi connectivity index (χ0v) is 17.8. The monoisotopic (exact) mass is 437 g/mol. The minimum atomic E-state index is -0.0856. The summed E-state index contributed by atoms with van der Waals surface area (Å²) in [7, 11) is 3.20. The Morgan fingerprint density at radius 1 is 1.12 bits per heavy atom. The number of thioether (sulfide) groups is 1. The van der Waals surface area contributed by atoms with Gasteiger partial charge in [0.15, 0.2) is 17.5 Å². The summed E-state index contributed by atoms with van der Waals surface area (Å²) in [5, 5.41) is 3.09. The molecule has 0 spiro atoms. The van der Waals surface area contributed by atoms with Crippen LogP contribution in [0.3, 0.4) is 0 Å². The Bertz CT molecular complexity index is 764. The molecule has 0 aliphatic rings. The highest BCUT2D eigenvalue weighted by Gasteiger charge is 2.19. The fourth-order valence-electron chi connectivity index (χ4n) is 2.23. The van der Waals surface area contributed by atoms with E-state index in [9.17, 15) is 0 Å². The quantitative estimate of drug-likeness (QED) is 0.371. The number of aliphatic imine (C=N–C) groups is 1. The number of rotatable bonds is 7. The lowest BCUT2D eigenvalue weighted by Crippen LogP contribution is -2.27. The minimum Gasteiger partial charge on any atom is -0.493 e. The SMILES string of the molecule is COc1ccc(NC(N)=NCC(C)(C)Sc2ccc(Br)cc2)cc1OC. The summed E-state index contributed by atoms with van der Waals surface area (Å²) in [4.78, 5) is 5.68. The summed E-state index contributed by atoms with van der Waals surface area (Å²) >= 11 is 5.22. The third kappa shape index (κ3) is 6.14. The number of nitrogens with two attached hydrogens (primary N) is 1. The van der Waals surface area contributed by atoms with E-state index < -0.39 is 0 Å². The molecule has 7 heteroatoms. The molecule has 2 aromatic rings. The van der Waals surface area contributed by atoms with E-state index in [1.165, 1.54) is 4.90 Å². The van der Waals surface area contributed by atoms with Crippen molar-refractivity contribution in [2.24, 2.45) is 10.7 Å². The van der Waals surface area contributed by atoms with Crippen LogP contribution in [0.2, 0.25) is 0 Å². The van der Waals surface area contributed by atoms with E-state index in [1.807, 2.05) is 30.3 Å². The van der Waals surface area contributed by atoms with Crippen molar-refractivity contribution in [1.82, 2.24) is 0 Å². The maximum Gasteiger partial charge on any atom is 0.193 e. The van der Waals surface area contributed by atoms with E-state index >= 15 is 0 Å². The van der Waals surface area contributed by atoms with Crippen LogP contribution in [0.4, 0.5) is 5.69 Å². The Kier molecular flexibility index (Phi) is 7.23. The maximum absolute atomic E-state index is 6.04. The molecular formula is C19H24BrN3O2S. The van der Waals surface area contributed by atoms with Crippen molar-refractivity contribution in [3.8, 4) is 11.5 Å². The van der Waals surface area contributed by atoms with Crippen molar-refractivity contribution in [3.05, 3.63) is 46.9 Å². The van der Waals surface area contributed by atoms with E-state index in [4.69, 9.17) is 15.2 Å². The first-order valence-corrected chi connectivity index (χ1v) is 9.67. The Hall–Kier alpha value is -1.86. The minimum absolute atomic E-state index is 0.0856. The highest BCUT2D eigenvalue weighted by atomic mass is 79.9. The molecule has 5 nitrogen and oxygen atoms in total. The molecule has 0 aromatic heterocycles.